The summed E-state index contributed by atoms with van der Waals surface area (Å²) in [4.78, 5) is 23.1. The molecule has 104 valence electrons. The van der Waals surface area contributed by atoms with E-state index in [0.29, 0.717) is 6.54 Å². The Morgan fingerprint density at radius 2 is 2.26 bits per heavy atom. The molecule has 6 heteroatoms. The molecule has 3 N–H and O–H groups in total. The standard InChI is InChI=1S/C13H18N2O4/c1-13(11(16)17,10-3-2-8-19-10)15-12(18)14-7-6-9-4-5-9/h2-3,8-9H,4-7H2,1H3,(H,16,17)(H2,14,15,18). The van der Waals surface area contributed by atoms with Gasteiger partial charge in [-0.25, -0.2) is 9.59 Å². The summed E-state index contributed by atoms with van der Waals surface area (Å²) in [6, 6.07) is 2.61. The zero-order valence-electron chi connectivity index (χ0n) is 10.8. The average molecular weight is 266 g/mol. The molecule has 19 heavy (non-hydrogen) atoms. The third-order valence-corrected chi connectivity index (χ3v) is 3.34. The quantitative estimate of drug-likeness (QED) is 0.730. The molecule has 1 aliphatic rings. The van der Waals surface area contributed by atoms with Crippen molar-refractivity contribution in [3.63, 3.8) is 0 Å². The molecule has 1 fully saturated rings. The zero-order valence-corrected chi connectivity index (χ0v) is 10.8. The number of furan rings is 1. The van der Waals surface area contributed by atoms with E-state index in [1.54, 1.807) is 6.07 Å². The summed E-state index contributed by atoms with van der Waals surface area (Å²) in [5, 5.41) is 14.4. The third kappa shape index (κ3) is 3.27. The molecule has 1 saturated carbocycles. The Labute approximate surface area is 111 Å². The number of nitrogens with one attached hydrogen (secondary N) is 2. The number of urea groups is 1. The number of carboxylic acid groups (broad SMARTS) is 1. The van der Waals surface area contributed by atoms with E-state index in [1.165, 1.54) is 32.1 Å². The molecule has 0 saturated heterocycles. The molecule has 1 heterocycles. The minimum absolute atomic E-state index is 0.192. The summed E-state index contributed by atoms with van der Waals surface area (Å²) >= 11 is 0. The second kappa shape index (κ2) is 5.34. The van der Waals surface area contributed by atoms with Crippen LogP contribution >= 0.6 is 0 Å². The highest BCUT2D eigenvalue weighted by Crippen LogP contribution is 2.31. The first-order valence-corrected chi connectivity index (χ1v) is 6.36. The van der Waals surface area contributed by atoms with Gasteiger partial charge >= 0.3 is 12.0 Å². The van der Waals surface area contributed by atoms with Crippen molar-refractivity contribution in [1.82, 2.24) is 10.6 Å². The highest BCUT2D eigenvalue weighted by atomic mass is 16.4. The summed E-state index contributed by atoms with van der Waals surface area (Å²) in [6.07, 6.45) is 4.77. The zero-order chi connectivity index (χ0) is 13.9. The maximum absolute atomic E-state index is 11.7. The van der Waals surface area contributed by atoms with Gasteiger partial charge in [-0.1, -0.05) is 12.8 Å². The maximum atomic E-state index is 11.7. The molecule has 1 atom stereocenters. The fourth-order valence-corrected chi connectivity index (χ4v) is 1.85. The van der Waals surface area contributed by atoms with Crippen LogP contribution in [0.25, 0.3) is 0 Å². The molecule has 6 nitrogen and oxygen atoms in total. The van der Waals surface area contributed by atoms with Crippen molar-refractivity contribution < 1.29 is 19.1 Å². The van der Waals surface area contributed by atoms with E-state index >= 15 is 0 Å². The van der Waals surface area contributed by atoms with Crippen molar-refractivity contribution >= 4 is 12.0 Å². The van der Waals surface area contributed by atoms with Gasteiger partial charge in [0.1, 0.15) is 5.76 Å². The third-order valence-electron chi connectivity index (χ3n) is 3.34. The normalized spacial score (nSPS) is 17.5. The van der Waals surface area contributed by atoms with E-state index in [0.717, 1.165) is 12.3 Å². The Balaban J connectivity index is 1.92. The van der Waals surface area contributed by atoms with Gasteiger partial charge in [0.15, 0.2) is 5.54 Å². The smallest absolute Gasteiger partial charge is 0.337 e. The molecule has 1 aromatic heterocycles. The van der Waals surface area contributed by atoms with Gasteiger partial charge in [-0.15, -0.1) is 0 Å². The van der Waals surface area contributed by atoms with E-state index in [4.69, 9.17) is 4.42 Å². The maximum Gasteiger partial charge on any atom is 0.337 e. The van der Waals surface area contributed by atoms with Crippen molar-refractivity contribution in [1.29, 1.82) is 0 Å². The van der Waals surface area contributed by atoms with Crippen LogP contribution in [0.2, 0.25) is 0 Å². The number of carboxylic acids is 1. The number of amides is 2. The van der Waals surface area contributed by atoms with Crippen LogP contribution in [-0.2, 0) is 10.3 Å². The van der Waals surface area contributed by atoms with Gasteiger partial charge in [0.2, 0.25) is 0 Å². The van der Waals surface area contributed by atoms with Crippen LogP contribution in [-0.4, -0.2) is 23.7 Å². The Hall–Kier alpha value is -1.98. The number of carbonyl (C=O) groups excluding carboxylic acids is 1. The highest BCUT2D eigenvalue weighted by molar-refractivity contribution is 5.86. The molecule has 0 spiro atoms. The van der Waals surface area contributed by atoms with Gasteiger partial charge < -0.3 is 20.2 Å². The fourth-order valence-electron chi connectivity index (χ4n) is 1.85. The van der Waals surface area contributed by atoms with Gasteiger partial charge in [0.25, 0.3) is 0 Å². The fraction of sp³-hybridized carbons (Fsp3) is 0.538. The van der Waals surface area contributed by atoms with E-state index in [9.17, 15) is 14.7 Å². The van der Waals surface area contributed by atoms with Crippen molar-refractivity contribution in [3.8, 4) is 0 Å². The van der Waals surface area contributed by atoms with E-state index in [2.05, 4.69) is 10.6 Å². The Kier molecular flexibility index (Phi) is 3.78. The first-order chi connectivity index (χ1) is 9.02. The van der Waals surface area contributed by atoms with Crippen LogP contribution in [0.5, 0.6) is 0 Å². The van der Waals surface area contributed by atoms with E-state index in [-0.39, 0.29) is 5.76 Å². The lowest BCUT2D eigenvalue weighted by atomic mass is 9.99. The van der Waals surface area contributed by atoms with Gasteiger partial charge in [-0.2, -0.15) is 0 Å². The Morgan fingerprint density at radius 1 is 1.53 bits per heavy atom. The lowest BCUT2D eigenvalue weighted by Gasteiger charge is -2.24. The second-order valence-corrected chi connectivity index (χ2v) is 5.02. The summed E-state index contributed by atoms with van der Waals surface area (Å²) in [6.45, 7) is 1.96. The summed E-state index contributed by atoms with van der Waals surface area (Å²) in [5.74, 6) is -0.256. The summed E-state index contributed by atoms with van der Waals surface area (Å²) in [7, 11) is 0. The lowest BCUT2D eigenvalue weighted by molar-refractivity contribution is -0.144. The SMILES string of the molecule is CC(NC(=O)NCCC1CC1)(C(=O)O)c1ccco1. The molecule has 1 aliphatic carbocycles. The number of hydrogen-bond acceptors (Lipinski definition) is 3. The average Bonchev–Trinajstić information content (AvgIpc) is 3.00. The van der Waals surface area contributed by atoms with E-state index in [1.807, 2.05) is 0 Å². The van der Waals surface area contributed by atoms with Crippen molar-refractivity contribution in [2.45, 2.75) is 31.7 Å². The van der Waals surface area contributed by atoms with Crippen molar-refractivity contribution in [2.24, 2.45) is 5.92 Å². The molecule has 0 aliphatic heterocycles. The van der Waals surface area contributed by atoms with Gasteiger partial charge in [-0.05, 0) is 31.4 Å². The van der Waals surface area contributed by atoms with Crippen LogP contribution in [0.3, 0.4) is 0 Å². The molecule has 2 amide bonds. The number of hydrogen-bond donors (Lipinski definition) is 3. The molecule has 0 bridgehead atoms. The number of rotatable bonds is 6. The molecular formula is C13H18N2O4. The first-order valence-electron chi connectivity index (χ1n) is 6.36. The van der Waals surface area contributed by atoms with E-state index < -0.39 is 17.5 Å². The highest BCUT2D eigenvalue weighted by Gasteiger charge is 2.39. The van der Waals surface area contributed by atoms with Crippen LogP contribution < -0.4 is 10.6 Å². The summed E-state index contributed by atoms with van der Waals surface area (Å²) in [5.41, 5.74) is -1.56. The van der Waals surface area contributed by atoms with Gasteiger partial charge in [-0.3, -0.25) is 0 Å². The van der Waals surface area contributed by atoms with Crippen LogP contribution in [0.1, 0.15) is 31.9 Å². The van der Waals surface area contributed by atoms with Crippen molar-refractivity contribution in [3.05, 3.63) is 24.2 Å². The summed E-state index contributed by atoms with van der Waals surface area (Å²) < 4.78 is 5.09. The molecule has 1 unspecified atom stereocenters. The largest absolute Gasteiger partial charge is 0.479 e. The first kappa shape index (κ1) is 13.5. The second-order valence-electron chi connectivity index (χ2n) is 5.02. The molecule has 0 radical (unpaired) electrons. The van der Waals surface area contributed by atoms with Crippen molar-refractivity contribution in [2.75, 3.05) is 6.54 Å². The predicted octanol–water partition coefficient (Wildman–Crippen LogP) is 1.68. The minimum Gasteiger partial charge on any atom is -0.479 e. The Morgan fingerprint density at radius 3 is 2.79 bits per heavy atom. The van der Waals surface area contributed by atoms with Crippen LogP contribution in [0.15, 0.2) is 22.8 Å². The molecule has 1 aromatic rings. The molecule has 0 aromatic carbocycles. The van der Waals surface area contributed by atoms with Gasteiger partial charge in [0, 0.05) is 6.54 Å². The monoisotopic (exact) mass is 266 g/mol. The predicted molar refractivity (Wildman–Crippen MR) is 67.6 cm³/mol. The number of aliphatic carboxylic acids is 1. The Bertz CT molecular complexity index is 453. The number of carbonyl (C=O) groups is 2. The lowest BCUT2D eigenvalue weighted by Crippen LogP contribution is -2.52. The van der Waals surface area contributed by atoms with Crippen LogP contribution in [0.4, 0.5) is 4.79 Å². The van der Waals surface area contributed by atoms with Crippen LogP contribution in [0, 0.1) is 5.92 Å². The molecule has 2 rings (SSSR count). The minimum atomic E-state index is -1.56. The molecular weight excluding hydrogens is 248 g/mol. The topological polar surface area (TPSA) is 91.6 Å². The van der Waals surface area contributed by atoms with Gasteiger partial charge in [0.05, 0.1) is 6.26 Å².